The topological polar surface area (TPSA) is 91.4 Å². The number of ether oxygens (including phenoxy) is 4. The number of esters is 1. The van der Waals surface area contributed by atoms with Crippen molar-refractivity contribution >= 4 is 16.0 Å². The Kier molecular flexibility index (Phi) is 12.6. The first-order chi connectivity index (χ1) is 20.2. The number of allylic oxidation sites excluding steroid dienone is 1. The molecule has 0 amide bonds. The molecular formula is C33H41NO7S. The van der Waals surface area contributed by atoms with E-state index in [0.29, 0.717) is 23.5 Å². The van der Waals surface area contributed by atoms with Crippen LogP contribution in [0.4, 0.5) is 0 Å². The first-order valence-electron chi connectivity index (χ1n) is 13.8. The zero-order valence-electron chi connectivity index (χ0n) is 24.8. The summed E-state index contributed by atoms with van der Waals surface area (Å²) < 4.78 is 52.3. The maximum Gasteiger partial charge on any atom is 0.338 e. The molecule has 3 rings (SSSR count). The Hall–Kier alpha value is -3.66. The number of carbonyl (C=O) groups is 1. The molecule has 0 unspecified atom stereocenters. The van der Waals surface area contributed by atoms with Gasteiger partial charge in [-0.15, -0.1) is 6.58 Å². The predicted molar refractivity (Wildman–Crippen MR) is 164 cm³/mol. The van der Waals surface area contributed by atoms with E-state index in [1.165, 1.54) is 11.4 Å². The minimum absolute atomic E-state index is 0.0579. The molecule has 8 nitrogen and oxygen atoms in total. The zero-order chi connectivity index (χ0) is 30.5. The Labute approximate surface area is 249 Å². The van der Waals surface area contributed by atoms with Gasteiger partial charge >= 0.3 is 5.97 Å². The number of hydrogen-bond donors (Lipinski definition) is 0. The van der Waals surface area contributed by atoms with E-state index in [9.17, 15) is 13.2 Å². The summed E-state index contributed by atoms with van der Waals surface area (Å²) in [4.78, 5) is 12.9. The molecule has 0 radical (unpaired) electrons. The standard InChI is InChI=1S/C33H41NO7S/c1-6-10-25(2)32(21-31(24-38-3)41-33(35)28-11-8-7-9-12-28)42(36,37)34(22-26-13-17-29(39-4)18-14-26)23-27-15-19-30(40-5)20-16-27/h6-9,11-20,25,31-32H,1,10,21-24H2,2-5H3/t25-,31+,32-/m0/s1. The lowest BCUT2D eigenvalue weighted by Gasteiger charge is -2.33. The molecule has 3 aromatic rings. The van der Waals surface area contributed by atoms with Crippen molar-refractivity contribution in [1.29, 1.82) is 0 Å². The van der Waals surface area contributed by atoms with Gasteiger partial charge in [-0.1, -0.05) is 55.5 Å². The zero-order valence-corrected chi connectivity index (χ0v) is 25.6. The molecule has 0 fully saturated rings. The van der Waals surface area contributed by atoms with Crippen LogP contribution in [0.5, 0.6) is 11.5 Å². The van der Waals surface area contributed by atoms with Crippen LogP contribution < -0.4 is 9.47 Å². The van der Waals surface area contributed by atoms with Gasteiger partial charge in [-0.25, -0.2) is 13.2 Å². The van der Waals surface area contributed by atoms with Gasteiger partial charge in [0.05, 0.1) is 31.6 Å². The van der Waals surface area contributed by atoms with Crippen molar-refractivity contribution in [1.82, 2.24) is 4.31 Å². The number of benzene rings is 3. The first-order valence-corrected chi connectivity index (χ1v) is 15.3. The van der Waals surface area contributed by atoms with Crippen molar-refractivity contribution in [3.63, 3.8) is 0 Å². The number of nitrogens with zero attached hydrogens (tertiary/aromatic N) is 1. The molecule has 9 heteroatoms. The molecule has 0 N–H and O–H groups in total. The lowest BCUT2D eigenvalue weighted by Crippen LogP contribution is -2.44. The van der Waals surface area contributed by atoms with E-state index < -0.39 is 27.3 Å². The van der Waals surface area contributed by atoms with Gasteiger partial charge < -0.3 is 18.9 Å². The second kappa shape index (κ2) is 16.1. The van der Waals surface area contributed by atoms with Crippen molar-refractivity contribution in [2.75, 3.05) is 27.9 Å². The molecule has 3 atom stereocenters. The Bertz CT molecular complexity index is 1310. The molecule has 0 aliphatic carbocycles. The van der Waals surface area contributed by atoms with E-state index in [1.54, 1.807) is 44.6 Å². The molecule has 0 spiro atoms. The van der Waals surface area contributed by atoms with Crippen LogP contribution in [-0.4, -0.2) is 58.0 Å². The van der Waals surface area contributed by atoms with Crippen LogP contribution in [0.25, 0.3) is 0 Å². The van der Waals surface area contributed by atoms with Crippen LogP contribution >= 0.6 is 0 Å². The maximum absolute atomic E-state index is 14.6. The van der Waals surface area contributed by atoms with Crippen LogP contribution in [0.3, 0.4) is 0 Å². The van der Waals surface area contributed by atoms with Crippen molar-refractivity contribution in [2.24, 2.45) is 5.92 Å². The molecule has 0 bridgehead atoms. The third kappa shape index (κ3) is 9.17. The van der Waals surface area contributed by atoms with E-state index in [1.807, 2.05) is 61.5 Å². The van der Waals surface area contributed by atoms with Crippen molar-refractivity contribution < 1.29 is 32.2 Å². The minimum atomic E-state index is -3.95. The smallest absolute Gasteiger partial charge is 0.338 e. The van der Waals surface area contributed by atoms with E-state index in [0.717, 1.165) is 11.1 Å². The molecule has 0 saturated carbocycles. The van der Waals surface area contributed by atoms with Crippen LogP contribution in [0.1, 0.15) is 41.3 Å². The fourth-order valence-corrected chi connectivity index (χ4v) is 6.94. The van der Waals surface area contributed by atoms with Crippen LogP contribution in [0.2, 0.25) is 0 Å². The van der Waals surface area contributed by atoms with Gasteiger partial charge in [-0.05, 0) is 59.9 Å². The van der Waals surface area contributed by atoms with E-state index in [4.69, 9.17) is 18.9 Å². The summed E-state index contributed by atoms with van der Waals surface area (Å²) in [6, 6.07) is 23.3. The molecule has 0 aliphatic rings. The molecule has 3 aromatic carbocycles. The molecule has 226 valence electrons. The third-order valence-corrected chi connectivity index (χ3v) is 9.48. The molecule has 0 heterocycles. The number of hydrogen-bond acceptors (Lipinski definition) is 7. The van der Waals surface area contributed by atoms with Crippen LogP contribution in [0, 0.1) is 5.92 Å². The molecule has 42 heavy (non-hydrogen) atoms. The maximum atomic E-state index is 14.6. The Morgan fingerprint density at radius 2 is 1.38 bits per heavy atom. The second-order valence-electron chi connectivity index (χ2n) is 10.1. The Morgan fingerprint density at radius 1 is 0.857 bits per heavy atom. The lowest BCUT2D eigenvalue weighted by atomic mass is 9.99. The number of sulfonamides is 1. The van der Waals surface area contributed by atoms with Gasteiger partial charge in [0, 0.05) is 26.6 Å². The monoisotopic (exact) mass is 595 g/mol. The van der Waals surface area contributed by atoms with Gasteiger partial charge in [-0.2, -0.15) is 4.31 Å². The van der Waals surface area contributed by atoms with Gasteiger partial charge in [-0.3, -0.25) is 0 Å². The average Bonchev–Trinajstić information content (AvgIpc) is 3.00. The minimum Gasteiger partial charge on any atom is -0.497 e. The number of methoxy groups -OCH3 is 3. The van der Waals surface area contributed by atoms with Gasteiger partial charge in [0.2, 0.25) is 10.0 Å². The van der Waals surface area contributed by atoms with Crippen LogP contribution in [-0.2, 0) is 32.6 Å². The van der Waals surface area contributed by atoms with Crippen molar-refractivity contribution in [3.05, 3.63) is 108 Å². The summed E-state index contributed by atoms with van der Waals surface area (Å²) >= 11 is 0. The highest BCUT2D eigenvalue weighted by atomic mass is 32.2. The van der Waals surface area contributed by atoms with E-state index >= 15 is 0 Å². The summed E-state index contributed by atoms with van der Waals surface area (Å²) in [5.74, 6) is 0.530. The number of carbonyl (C=O) groups excluding carboxylic acids is 1. The van der Waals surface area contributed by atoms with Gasteiger partial charge in [0.15, 0.2) is 0 Å². The summed E-state index contributed by atoms with van der Waals surface area (Å²) in [6.45, 7) is 6.07. The number of rotatable bonds is 17. The highest BCUT2D eigenvalue weighted by Crippen LogP contribution is 2.29. The first kappa shape index (κ1) is 32.8. The van der Waals surface area contributed by atoms with Gasteiger partial charge in [0.1, 0.15) is 17.6 Å². The Balaban J connectivity index is 1.97. The summed E-state index contributed by atoms with van der Waals surface area (Å²) in [5, 5.41) is -0.879. The van der Waals surface area contributed by atoms with Crippen molar-refractivity contribution in [2.45, 2.75) is 44.2 Å². The molecule has 0 aliphatic heterocycles. The summed E-state index contributed by atoms with van der Waals surface area (Å²) in [7, 11) is 0.721. The Morgan fingerprint density at radius 3 is 1.83 bits per heavy atom. The molecule has 0 aromatic heterocycles. The normalized spacial score (nSPS) is 13.6. The van der Waals surface area contributed by atoms with Gasteiger partial charge in [0.25, 0.3) is 0 Å². The lowest BCUT2D eigenvalue weighted by molar-refractivity contribution is 0.00159. The fourth-order valence-electron chi connectivity index (χ4n) is 4.75. The SMILES string of the molecule is C=CC[C@H](C)[C@H](C[C@H](COC)OC(=O)c1ccccc1)S(=O)(=O)N(Cc1ccc(OC)cc1)Cc1ccc(OC)cc1. The fraction of sp³-hybridized carbons (Fsp3) is 0.364. The van der Waals surface area contributed by atoms with E-state index in [2.05, 4.69) is 6.58 Å². The third-order valence-electron chi connectivity index (χ3n) is 7.08. The summed E-state index contributed by atoms with van der Waals surface area (Å²) in [5.41, 5.74) is 2.01. The average molecular weight is 596 g/mol. The quantitative estimate of drug-likeness (QED) is 0.142. The second-order valence-corrected chi connectivity index (χ2v) is 12.3. The largest absolute Gasteiger partial charge is 0.497 e. The highest BCUT2D eigenvalue weighted by Gasteiger charge is 2.38. The molecule has 0 saturated heterocycles. The van der Waals surface area contributed by atoms with Crippen LogP contribution in [0.15, 0.2) is 91.5 Å². The predicted octanol–water partition coefficient (Wildman–Crippen LogP) is 5.88. The van der Waals surface area contributed by atoms with E-state index in [-0.39, 0.29) is 32.0 Å². The molecular weight excluding hydrogens is 554 g/mol. The summed E-state index contributed by atoms with van der Waals surface area (Å²) in [6.07, 6.45) is 1.46. The highest BCUT2D eigenvalue weighted by molar-refractivity contribution is 7.89. The van der Waals surface area contributed by atoms with Crippen molar-refractivity contribution in [3.8, 4) is 11.5 Å².